The van der Waals surface area contributed by atoms with E-state index in [0.717, 1.165) is 22.0 Å². The van der Waals surface area contributed by atoms with Gasteiger partial charge in [-0.2, -0.15) is 0 Å². The number of hydrogen-bond acceptors (Lipinski definition) is 3. The molecule has 0 unspecified atom stereocenters. The highest BCUT2D eigenvalue weighted by atomic mass is 79.9. The van der Waals surface area contributed by atoms with E-state index in [1.807, 2.05) is 0 Å². The minimum Gasteiger partial charge on any atom is -0.210 e. The predicted octanol–water partition coefficient (Wildman–Crippen LogP) is 4.13. The minimum atomic E-state index is -3.37. The highest BCUT2D eigenvalue weighted by molar-refractivity contribution is 9.11. The fourth-order valence-electron chi connectivity index (χ4n) is 2.42. The lowest BCUT2D eigenvalue weighted by molar-refractivity contribution is 0.227. The first-order chi connectivity index (χ1) is 8.97. The second kappa shape index (κ2) is 6.56. The fourth-order valence-corrected chi connectivity index (χ4v) is 6.39. The van der Waals surface area contributed by atoms with Crippen LogP contribution >= 0.6 is 43.2 Å². The second-order valence-electron chi connectivity index (χ2n) is 5.08. The quantitative estimate of drug-likeness (QED) is 0.713. The summed E-state index contributed by atoms with van der Waals surface area (Å²) < 4.78 is 28.4. The van der Waals surface area contributed by atoms with E-state index in [4.69, 9.17) is 0 Å². The molecule has 1 aliphatic carbocycles. The zero-order chi connectivity index (χ0) is 13.9. The van der Waals surface area contributed by atoms with Crippen LogP contribution in [0.3, 0.4) is 0 Å². The summed E-state index contributed by atoms with van der Waals surface area (Å²) in [6.07, 6.45) is 5.83. The summed E-state index contributed by atoms with van der Waals surface area (Å²) >= 11 is 8.09. The Morgan fingerprint density at radius 2 is 1.95 bits per heavy atom. The zero-order valence-corrected chi connectivity index (χ0v) is 15.3. The van der Waals surface area contributed by atoms with Gasteiger partial charge in [0.2, 0.25) is 10.0 Å². The summed E-state index contributed by atoms with van der Waals surface area (Å²) in [7, 11) is -3.37. The summed E-state index contributed by atoms with van der Waals surface area (Å²) in [5, 5.41) is 0.858. The van der Waals surface area contributed by atoms with Crippen LogP contribution in [0.4, 0.5) is 0 Å². The summed E-state index contributed by atoms with van der Waals surface area (Å²) in [6, 6.07) is 3.40. The normalized spacial score (nSPS) is 19.5. The van der Waals surface area contributed by atoms with Gasteiger partial charge < -0.3 is 0 Å². The van der Waals surface area contributed by atoms with E-state index in [9.17, 15) is 8.42 Å². The molecule has 0 bridgehead atoms. The minimum absolute atomic E-state index is 0.0831. The van der Waals surface area contributed by atoms with E-state index in [1.54, 1.807) is 12.1 Å². The fraction of sp³-hybridized carbons (Fsp3) is 0.667. The number of halogens is 2. The van der Waals surface area contributed by atoms with Crippen molar-refractivity contribution in [2.24, 2.45) is 5.41 Å². The number of nitrogens with one attached hydrogen (secondary N) is 1. The van der Waals surface area contributed by atoms with E-state index >= 15 is 0 Å². The molecule has 108 valence electrons. The first-order valence-corrected chi connectivity index (χ1v) is 10.5. The van der Waals surface area contributed by atoms with Crippen molar-refractivity contribution in [1.82, 2.24) is 4.72 Å². The Hall–Kier alpha value is 0.570. The van der Waals surface area contributed by atoms with Gasteiger partial charge in [0.15, 0.2) is 0 Å². The van der Waals surface area contributed by atoms with Gasteiger partial charge in [0.1, 0.15) is 4.21 Å². The summed E-state index contributed by atoms with van der Waals surface area (Å²) in [6.45, 7) is 0.524. The molecule has 7 heteroatoms. The van der Waals surface area contributed by atoms with Crippen molar-refractivity contribution in [2.75, 3.05) is 11.9 Å². The Kier molecular flexibility index (Phi) is 5.50. The van der Waals surface area contributed by atoms with Gasteiger partial charge in [0, 0.05) is 11.9 Å². The molecule has 0 saturated heterocycles. The number of alkyl halides is 1. The van der Waals surface area contributed by atoms with Crippen LogP contribution in [-0.4, -0.2) is 20.3 Å². The molecular formula is C12H17Br2NO2S2. The van der Waals surface area contributed by atoms with E-state index in [-0.39, 0.29) is 5.41 Å². The van der Waals surface area contributed by atoms with Gasteiger partial charge in [0.25, 0.3) is 0 Å². The molecule has 1 aromatic rings. The van der Waals surface area contributed by atoms with Crippen LogP contribution in [-0.2, 0) is 10.0 Å². The monoisotopic (exact) mass is 429 g/mol. The lowest BCUT2D eigenvalue weighted by Gasteiger charge is -2.35. The van der Waals surface area contributed by atoms with Crippen molar-refractivity contribution in [3.8, 4) is 0 Å². The van der Waals surface area contributed by atoms with Crippen LogP contribution in [0.1, 0.15) is 32.1 Å². The Morgan fingerprint density at radius 3 is 2.47 bits per heavy atom. The Balaban J connectivity index is 2.04. The molecule has 0 aliphatic heterocycles. The topological polar surface area (TPSA) is 46.2 Å². The van der Waals surface area contributed by atoms with E-state index in [0.29, 0.717) is 10.8 Å². The molecule has 1 aromatic heterocycles. The van der Waals surface area contributed by atoms with Crippen LogP contribution in [0.2, 0.25) is 0 Å². The van der Waals surface area contributed by atoms with Gasteiger partial charge in [-0.15, -0.1) is 11.3 Å². The largest absolute Gasteiger partial charge is 0.250 e. The molecule has 19 heavy (non-hydrogen) atoms. The van der Waals surface area contributed by atoms with Crippen LogP contribution in [0.25, 0.3) is 0 Å². The highest BCUT2D eigenvalue weighted by Crippen LogP contribution is 2.37. The number of hydrogen-bond donors (Lipinski definition) is 1. The van der Waals surface area contributed by atoms with Gasteiger partial charge in [-0.25, -0.2) is 13.1 Å². The first-order valence-electron chi connectivity index (χ1n) is 6.28. The number of rotatable bonds is 5. The summed E-state index contributed by atoms with van der Waals surface area (Å²) in [5.74, 6) is 0. The molecule has 0 spiro atoms. The van der Waals surface area contributed by atoms with Gasteiger partial charge >= 0.3 is 0 Å². The molecule has 0 radical (unpaired) electrons. The molecule has 0 amide bonds. The standard InChI is InChI=1S/C12H17Br2NO2S2/c13-8-12(6-2-1-3-7-12)9-15-19(16,17)11-5-4-10(14)18-11/h4-5,15H,1-3,6-9H2. The second-order valence-corrected chi connectivity index (χ2v) is 10.1. The first kappa shape index (κ1) is 15.9. The van der Waals surface area contributed by atoms with Crippen molar-refractivity contribution < 1.29 is 8.42 Å². The van der Waals surface area contributed by atoms with Crippen molar-refractivity contribution >= 4 is 53.2 Å². The molecule has 0 atom stereocenters. The molecule has 1 aliphatic rings. The predicted molar refractivity (Wildman–Crippen MR) is 86.5 cm³/mol. The molecule has 1 saturated carbocycles. The third-order valence-corrected chi connectivity index (χ3v) is 8.35. The van der Waals surface area contributed by atoms with Crippen molar-refractivity contribution in [1.29, 1.82) is 0 Å². The third-order valence-electron chi connectivity index (χ3n) is 3.65. The highest BCUT2D eigenvalue weighted by Gasteiger charge is 2.32. The Bertz CT molecular complexity index is 522. The zero-order valence-electron chi connectivity index (χ0n) is 10.5. The number of thiophene rings is 1. The number of sulfonamides is 1. The average Bonchev–Trinajstić information content (AvgIpc) is 2.85. The van der Waals surface area contributed by atoms with Crippen molar-refractivity contribution in [3.63, 3.8) is 0 Å². The Morgan fingerprint density at radius 1 is 1.26 bits per heavy atom. The molecule has 2 rings (SSSR count). The summed E-state index contributed by atoms with van der Waals surface area (Å²) in [4.78, 5) is 0. The molecule has 1 heterocycles. The van der Waals surface area contributed by atoms with Crippen LogP contribution < -0.4 is 4.72 Å². The smallest absolute Gasteiger partial charge is 0.210 e. The van der Waals surface area contributed by atoms with E-state index in [1.165, 1.54) is 30.6 Å². The molecule has 1 N–H and O–H groups in total. The molecular weight excluding hydrogens is 414 g/mol. The van der Waals surface area contributed by atoms with Gasteiger partial charge in [-0.1, -0.05) is 35.2 Å². The molecule has 0 aromatic carbocycles. The van der Waals surface area contributed by atoms with Crippen LogP contribution in [0.15, 0.2) is 20.1 Å². The maximum absolute atomic E-state index is 12.2. The van der Waals surface area contributed by atoms with E-state index < -0.39 is 10.0 Å². The molecule has 1 fully saturated rings. The third kappa shape index (κ3) is 4.03. The van der Waals surface area contributed by atoms with Gasteiger partial charge in [0.05, 0.1) is 3.79 Å². The lowest BCUT2D eigenvalue weighted by Crippen LogP contribution is -2.39. The van der Waals surface area contributed by atoms with Crippen molar-refractivity contribution in [3.05, 3.63) is 15.9 Å². The van der Waals surface area contributed by atoms with Gasteiger partial charge in [-0.3, -0.25) is 0 Å². The maximum Gasteiger partial charge on any atom is 0.250 e. The SMILES string of the molecule is O=S(=O)(NCC1(CBr)CCCCC1)c1ccc(Br)s1. The van der Waals surface area contributed by atoms with E-state index in [2.05, 4.69) is 36.6 Å². The van der Waals surface area contributed by atoms with Gasteiger partial charge in [-0.05, 0) is 46.3 Å². The van der Waals surface area contributed by atoms with Crippen LogP contribution in [0.5, 0.6) is 0 Å². The van der Waals surface area contributed by atoms with Crippen molar-refractivity contribution in [2.45, 2.75) is 36.3 Å². The lowest BCUT2D eigenvalue weighted by atomic mass is 9.76. The molecule has 3 nitrogen and oxygen atoms in total. The summed E-state index contributed by atoms with van der Waals surface area (Å²) in [5.41, 5.74) is 0.0831. The maximum atomic E-state index is 12.2. The average molecular weight is 431 g/mol. The Labute approximate surface area is 135 Å². The van der Waals surface area contributed by atoms with Crippen LogP contribution in [0, 0.1) is 5.41 Å².